The molecule has 2 aromatic carbocycles. The number of rotatable bonds is 8. The van der Waals surface area contributed by atoms with Gasteiger partial charge >= 0.3 is 5.97 Å². The number of carbonyl (C=O) groups is 1. The van der Waals surface area contributed by atoms with Gasteiger partial charge in [-0.15, -0.1) is 0 Å². The minimum Gasteiger partial charge on any atom is -0.489 e. The number of benzene rings is 2. The molecule has 0 atom stereocenters. The summed E-state index contributed by atoms with van der Waals surface area (Å²) < 4.78 is 11.2. The average molecular weight is 354 g/mol. The van der Waals surface area contributed by atoms with E-state index in [4.69, 9.17) is 14.6 Å². The molecule has 2 rings (SSSR count). The lowest BCUT2D eigenvalue weighted by Crippen LogP contribution is -2.11. The van der Waals surface area contributed by atoms with E-state index in [2.05, 4.69) is 38.6 Å². The van der Waals surface area contributed by atoms with Crippen LogP contribution < -0.4 is 9.47 Å². The molecule has 4 nitrogen and oxygen atoms in total. The SMILES string of the molecule is C=CCOc1c(C)cc(-c2ccc(OCC(=O)O)c(C(C)C)c2)cc1C. The van der Waals surface area contributed by atoms with Crippen LogP contribution in [0, 0.1) is 13.8 Å². The lowest BCUT2D eigenvalue weighted by molar-refractivity contribution is -0.139. The summed E-state index contributed by atoms with van der Waals surface area (Å²) in [7, 11) is 0. The van der Waals surface area contributed by atoms with Gasteiger partial charge < -0.3 is 14.6 Å². The molecule has 0 spiro atoms. The van der Waals surface area contributed by atoms with Crippen LogP contribution in [-0.4, -0.2) is 24.3 Å². The Labute approximate surface area is 155 Å². The van der Waals surface area contributed by atoms with Crippen LogP contribution >= 0.6 is 0 Å². The van der Waals surface area contributed by atoms with E-state index in [-0.39, 0.29) is 12.5 Å². The zero-order chi connectivity index (χ0) is 19.3. The molecular weight excluding hydrogens is 328 g/mol. The molecule has 26 heavy (non-hydrogen) atoms. The molecule has 0 bridgehead atoms. The fourth-order valence-corrected chi connectivity index (χ4v) is 2.94. The van der Waals surface area contributed by atoms with Gasteiger partial charge in [0.1, 0.15) is 18.1 Å². The molecule has 0 heterocycles. The van der Waals surface area contributed by atoms with Crippen LogP contribution in [0.2, 0.25) is 0 Å². The fourth-order valence-electron chi connectivity index (χ4n) is 2.94. The van der Waals surface area contributed by atoms with Crippen molar-refractivity contribution in [2.24, 2.45) is 0 Å². The van der Waals surface area contributed by atoms with Crippen LogP contribution in [-0.2, 0) is 4.79 Å². The Morgan fingerprint density at radius 3 is 2.31 bits per heavy atom. The molecular formula is C22H26O4. The molecule has 0 saturated heterocycles. The quantitative estimate of drug-likeness (QED) is 0.668. The highest BCUT2D eigenvalue weighted by Gasteiger charge is 2.13. The van der Waals surface area contributed by atoms with Crippen molar-refractivity contribution in [1.29, 1.82) is 0 Å². The molecule has 1 N–H and O–H groups in total. The van der Waals surface area contributed by atoms with Gasteiger partial charge in [0.05, 0.1) is 0 Å². The Morgan fingerprint density at radius 1 is 1.12 bits per heavy atom. The van der Waals surface area contributed by atoms with E-state index in [0.717, 1.165) is 33.6 Å². The maximum atomic E-state index is 10.8. The normalized spacial score (nSPS) is 10.7. The van der Waals surface area contributed by atoms with Crippen molar-refractivity contribution in [3.63, 3.8) is 0 Å². The molecule has 0 radical (unpaired) electrons. The Kier molecular flexibility index (Phi) is 6.45. The lowest BCUT2D eigenvalue weighted by Gasteiger charge is -2.17. The topological polar surface area (TPSA) is 55.8 Å². The van der Waals surface area contributed by atoms with Crippen molar-refractivity contribution in [2.75, 3.05) is 13.2 Å². The van der Waals surface area contributed by atoms with Gasteiger partial charge in [-0.2, -0.15) is 0 Å². The van der Waals surface area contributed by atoms with Gasteiger partial charge in [-0.3, -0.25) is 0 Å². The predicted octanol–water partition coefficient (Wildman–Crippen LogP) is 5.12. The summed E-state index contributed by atoms with van der Waals surface area (Å²) >= 11 is 0. The van der Waals surface area contributed by atoms with Crippen molar-refractivity contribution in [2.45, 2.75) is 33.6 Å². The van der Waals surface area contributed by atoms with Crippen LogP contribution in [0.4, 0.5) is 0 Å². The van der Waals surface area contributed by atoms with E-state index >= 15 is 0 Å². The third-order valence-corrected chi connectivity index (χ3v) is 4.12. The third kappa shape index (κ3) is 4.66. The largest absolute Gasteiger partial charge is 0.489 e. The van der Waals surface area contributed by atoms with Crippen LogP contribution in [0.25, 0.3) is 11.1 Å². The van der Waals surface area contributed by atoms with E-state index in [1.807, 2.05) is 26.0 Å². The number of aryl methyl sites for hydroxylation is 2. The maximum Gasteiger partial charge on any atom is 0.341 e. The van der Waals surface area contributed by atoms with Crippen LogP contribution in [0.3, 0.4) is 0 Å². The van der Waals surface area contributed by atoms with E-state index < -0.39 is 5.97 Å². The van der Waals surface area contributed by atoms with Crippen LogP contribution in [0.1, 0.15) is 36.5 Å². The molecule has 138 valence electrons. The maximum absolute atomic E-state index is 10.8. The van der Waals surface area contributed by atoms with E-state index in [9.17, 15) is 4.79 Å². The fraction of sp³-hybridized carbons (Fsp3) is 0.318. The average Bonchev–Trinajstić information content (AvgIpc) is 2.58. The summed E-state index contributed by atoms with van der Waals surface area (Å²) in [5.41, 5.74) is 5.29. The van der Waals surface area contributed by atoms with Crippen molar-refractivity contribution in [3.8, 4) is 22.6 Å². The van der Waals surface area contributed by atoms with Gasteiger partial charge in [0.2, 0.25) is 0 Å². The highest BCUT2D eigenvalue weighted by atomic mass is 16.5. The monoisotopic (exact) mass is 354 g/mol. The zero-order valence-corrected chi connectivity index (χ0v) is 15.8. The van der Waals surface area contributed by atoms with E-state index in [1.54, 1.807) is 6.08 Å². The Bertz CT molecular complexity index is 783. The van der Waals surface area contributed by atoms with Crippen molar-refractivity contribution >= 4 is 5.97 Å². The van der Waals surface area contributed by atoms with Gasteiger partial charge in [0.15, 0.2) is 6.61 Å². The highest BCUT2D eigenvalue weighted by molar-refractivity contribution is 5.70. The summed E-state index contributed by atoms with van der Waals surface area (Å²) in [5, 5.41) is 8.84. The van der Waals surface area contributed by atoms with Gasteiger partial charge in [-0.1, -0.05) is 32.6 Å². The second-order valence-electron chi connectivity index (χ2n) is 6.63. The highest BCUT2D eigenvalue weighted by Crippen LogP contribution is 2.34. The van der Waals surface area contributed by atoms with E-state index in [1.165, 1.54) is 0 Å². The molecule has 0 fully saturated rings. The van der Waals surface area contributed by atoms with Crippen molar-refractivity contribution < 1.29 is 19.4 Å². The summed E-state index contributed by atoms with van der Waals surface area (Å²) in [6, 6.07) is 10.1. The zero-order valence-electron chi connectivity index (χ0n) is 15.8. The lowest BCUT2D eigenvalue weighted by atomic mass is 9.94. The summed E-state index contributed by atoms with van der Waals surface area (Å²) in [6.45, 7) is 12.0. The first-order valence-electron chi connectivity index (χ1n) is 8.67. The number of hydrogen-bond donors (Lipinski definition) is 1. The number of aliphatic carboxylic acids is 1. The second-order valence-corrected chi connectivity index (χ2v) is 6.63. The minimum absolute atomic E-state index is 0.219. The first kappa shape index (κ1) is 19.6. The second kappa shape index (κ2) is 8.56. The van der Waals surface area contributed by atoms with Gasteiger partial charge in [0, 0.05) is 0 Å². The third-order valence-electron chi connectivity index (χ3n) is 4.12. The molecule has 0 aromatic heterocycles. The number of carboxylic acid groups (broad SMARTS) is 1. The predicted molar refractivity (Wildman–Crippen MR) is 104 cm³/mol. The van der Waals surface area contributed by atoms with Crippen LogP contribution in [0.5, 0.6) is 11.5 Å². The minimum atomic E-state index is -0.981. The Hall–Kier alpha value is -2.75. The Balaban J connectivity index is 2.40. The first-order valence-corrected chi connectivity index (χ1v) is 8.67. The summed E-state index contributed by atoms with van der Waals surface area (Å²) in [5.74, 6) is 0.742. The summed E-state index contributed by atoms with van der Waals surface area (Å²) in [4.78, 5) is 10.8. The van der Waals surface area contributed by atoms with Crippen molar-refractivity contribution in [1.82, 2.24) is 0 Å². The smallest absolute Gasteiger partial charge is 0.341 e. The first-order chi connectivity index (χ1) is 12.3. The van der Waals surface area contributed by atoms with Crippen LogP contribution in [0.15, 0.2) is 43.0 Å². The molecule has 4 heteroatoms. The Morgan fingerprint density at radius 2 is 1.77 bits per heavy atom. The molecule has 0 aliphatic rings. The van der Waals surface area contributed by atoms with Gasteiger partial charge in [-0.05, 0) is 71.8 Å². The number of carboxylic acids is 1. The number of ether oxygens (including phenoxy) is 2. The summed E-state index contributed by atoms with van der Waals surface area (Å²) in [6.07, 6.45) is 1.73. The standard InChI is InChI=1S/C22H26O4/c1-6-9-25-22-15(4)10-18(11-16(22)5)17-7-8-20(26-13-21(23)24)19(12-17)14(2)3/h6-8,10-12,14H,1,9,13H2,2-5H3,(H,23,24). The molecule has 0 aliphatic carbocycles. The molecule has 2 aromatic rings. The molecule has 0 saturated carbocycles. The van der Waals surface area contributed by atoms with Gasteiger partial charge in [-0.25, -0.2) is 4.79 Å². The van der Waals surface area contributed by atoms with E-state index in [0.29, 0.717) is 12.4 Å². The molecule has 0 amide bonds. The van der Waals surface area contributed by atoms with Gasteiger partial charge in [0.25, 0.3) is 0 Å². The molecule has 0 aliphatic heterocycles. The number of hydrogen-bond acceptors (Lipinski definition) is 3. The van der Waals surface area contributed by atoms with Crippen molar-refractivity contribution in [3.05, 3.63) is 59.7 Å². The molecule has 0 unspecified atom stereocenters.